The average molecular weight is 1110 g/mol. The van der Waals surface area contributed by atoms with Gasteiger partial charge in [0.2, 0.25) is 5.91 Å². The second-order valence-electron chi connectivity index (χ2n) is 22.8. The molecule has 0 spiro atoms. The molecule has 0 aromatic carbocycles. The second kappa shape index (κ2) is 55.9. The van der Waals surface area contributed by atoms with E-state index in [9.17, 15) is 35.1 Å². The van der Waals surface area contributed by atoms with E-state index in [2.05, 4.69) is 74.7 Å². The molecule has 6 N–H and O–H groups in total. The molecule has 1 amide bonds. The number of allylic oxidation sites excluding steroid dienone is 9. The molecule has 0 aliphatic carbocycles. The number of aliphatic hydroxyl groups is 5. The van der Waals surface area contributed by atoms with Crippen molar-refractivity contribution in [2.24, 2.45) is 0 Å². The van der Waals surface area contributed by atoms with Crippen LogP contribution in [-0.2, 0) is 23.8 Å². The van der Waals surface area contributed by atoms with E-state index in [0.29, 0.717) is 12.8 Å². The topological polar surface area (TPSA) is 175 Å². The second-order valence-corrected chi connectivity index (χ2v) is 22.8. The van der Waals surface area contributed by atoms with E-state index in [1.807, 2.05) is 6.08 Å². The molecule has 1 aliphatic rings. The molecule has 0 radical (unpaired) electrons. The molecular formula is C68H123NO10. The summed E-state index contributed by atoms with van der Waals surface area (Å²) in [6.45, 7) is 5.77. The smallest absolute Gasteiger partial charge is 0.306 e. The molecule has 8 unspecified atom stereocenters. The Morgan fingerprint density at radius 3 is 1.34 bits per heavy atom. The largest absolute Gasteiger partial charge is 0.454 e. The first-order valence-corrected chi connectivity index (χ1v) is 33.1. The lowest BCUT2D eigenvalue weighted by Gasteiger charge is -2.41. The van der Waals surface area contributed by atoms with Crippen LogP contribution < -0.4 is 5.32 Å². The number of aliphatic hydroxyl groups excluding tert-OH is 5. The van der Waals surface area contributed by atoms with Gasteiger partial charge in [0.05, 0.1) is 25.4 Å². The van der Waals surface area contributed by atoms with Gasteiger partial charge in [-0.3, -0.25) is 9.59 Å². The Bertz CT molecular complexity index is 1510. The number of rotatable bonds is 56. The van der Waals surface area contributed by atoms with Crippen molar-refractivity contribution in [2.45, 2.75) is 346 Å². The highest BCUT2D eigenvalue weighted by atomic mass is 16.7. The molecule has 79 heavy (non-hydrogen) atoms. The molecule has 11 heteroatoms. The van der Waals surface area contributed by atoms with Crippen LogP contribution in [0, 0.1) is 0 Å². The predicted molar refractivity (Wildman–Crippen MR) is 329 cm³/mol. The number of carbonyl (C=O) groups excluding carboxylic acids is 2. The van der Waals surface area contributed by atoms with Gasteiger partial charge < -0.3 is 45.1 Å². The molecule has 0 aromatic rings. The summed E-state index contributed by atoms with van der Waals surface area (Å²) in [6, 6.07) is -1.03. The fraction of sp³-hybridized carbons (Fsp3) is 0.824. The number of hydrogen-bond acceptors (Lipinski definition) is 10. The minimum absolute atomic E-state index is 0.117. The summed E-state index contributed by atoms with van der Waals surface area (Å²) in [5, 5.41) is 57.1. The Morgan fingerprint density at radius 1 is 0.494 bits per heavy atom. The van der Waals surface area contributed by atoms with Gasteiger partial charge in [-0.15, -0.1) is 0 Å². The van der Waals surface area contributed by atoms with Crippen LogP contribution in [-0.4, -0.2) is 99.6 Å². The molecule has 1 saturated heterocycles. The van der Waals surface area contributed by atoms with Gasteiger partial charge in [0.15, 0.2) is 12.4 Å². The SMILES string of the molecule is CCCCC/C=C\C/C=C\C/C=C\CCCCCCCCCC(O)C(=O)NC(COC1OC(CO)C(O)C(O)C1OC(=O)CCCCCCCCC/C=C/CCCCCCCC)C(O)/C=C/CCCCCCCCCCCCC. The monoisotopic (exact) mass is 1110 g/mol. The lowest BCUT2D eigenvalue weighted by Crippen LogP contribution is -2.61. The van der Waals surface area contributed by atoms with E-state index in [1.54, 1.807) is 6.08 Å². The van der Waals surface area contributed by atoms with Gasteiger partial charge in [-0.2, -0.15) is 0 Å². The van der Waals surface area contributed by atoms with Gasteiger partial charge in [-0.05, 0) is 89.9 Å². The third kappa shape index (κ3) is 43.7. The standard InChI is InChI=1S/C68H123NO10/c1-4-7-10-13-16-19-22-25-27-29-30-31-33-34-37-40-43-46-49-52-55-61(72)67(76)69-59(60(71)54-51-48-45-42-39-36-24-21-18-15-12-9-6-3)58-77-68-66(65(75)64(74)62(57-70)78-68)79-63(73)56-53-50-47-44-41-38-35-32-28-26-23-20-17-14-11-8-5-2/h16,19,25-28,30-31,51,54,59-62,64-66,68,70-72,74-75H,4-15,17-18,20-24,29,32-50,52-53,55-58H2,1-3H3,(H,69,76)/b19-16-,27-25-,28-26+,31-30-,54-51+. The molecule has 11 nitrogen and oxygen atoms in total. The highest BCUT2D eigenvalue weighted by Gasteiger charge is 2.47. The number of unbranched alkanes of at least 4 members (excludes halogenated alkanes) is 34. The van der Waals surface area contributed by atoms with Crippen molar-refractivity contribution >= 4 is 11.9 Å². The summed E-state index contributed by atoms with van der Waals surface area (Å²) in [5.74, 6) is -1.20. The summed E-state index contributed by atoms with van der Waals surface area (Å²) < 4.78 is 17.7. The highest BCUT2D eigenvalue weighted by Crippen LogP contribution is 2.26. The van der Waals surface area contributed by atoms with E-state index in [-0.39, 0.29) is 19.4 Å². The number of amides is 1. The fourth-order valence-corrected chi connectivity index (χ4v) is 10.1. The maximum atomic E-state index is 13.5. The van der Waals surface area contributed by atoms with E-state index in [4.69, 9.17) is 14.2 Å². The number of ether oxygens (including phenoxy) is 3. The molecule has 1 fully saturated rings. The molecule has 0 bridgehead atoms. The van der Waals surface area contributed by atoms with Crippen LogP contribution >= 0.6 is 0 Å². The molecular weight excluding hydrogens is 991 g/mol. The van der Waals surface area contributed by atoms with Crippen LogP contribution in [0.5, 0.6) is 0 Å². The molecule has 1 rings (SSSR count). The maximum Gasteiger partial charge on any atom is 0.306 e. The van der Waals surface area contributed by atoms with Crippen molar-refractivity contribution in [3.8, 4) is 0 Å². The van der Waals surface area contributed by atoms with Crippen molar-refractivity contribution in [1.82, 2.24) is 5.32 Å². The minimum Gasteiger partial charge on any atom is -0.454 e. The van der Waals surface area contributed by atoms with Gasteiger partial charge in [-0.25, -0.2) is 0 Å². The van der Waals surface area contributed by atoms with Crippen LogP contribution in [0.1, 0.15) is 297 Å². The van der Waals surface area contributed by atoms with Crippen molar-refractivity contribution in [2.75, 3.05) is 13.2 Å². The molecule has 1 heterocycles. The molecule has 8 atom stereocenters. The van der Waals surface area contributed by atoms with Gasteiger partial charge >= 0.3 is 5.97 Å². The number of nitrogens with one attached hydrogen (secondary N) is 1. The maximum absolute atomic E-state index is 13.5. The van der Waals surface area contributed by atoms with Crippen molar-refractivity contribution in [3.05, 3.63) is 60.8 Å². The van der Waals surface area contributed by atoms with E-state index >= 15 is 0 Å². The average Bonchev–Trinajstić information content (AvgIpc) is 3.49. The third-order valence-electron chi connectivity index (χ3n) is 15.4. The summed E-state index contributed by atoms with van der Waals surface area (Å²) in [4.78, 5) is 26.6. The highest BCUT2D eigenvalue weighted by molar-refractivity contribution is 5.80. The quantitative estimate of drug-likeness (QED) is 0.0195. The summed E-state index contributed by atoms with van der Waals surface area (Å²) in [6.07, 6.45) is 59.6. The van der Waals surface area contributed by atoms with Gasteiger partial charge in [0.25, 0.3) is 0 Å². The van der Waals surface area contributed by atoms with Crippen LogP contribution in [0.4, 0.5) is 0 Å². The van der Waals surface area contributed by atoms with Gasteiger partial charge in [0.1, 0.15) is 24.4 Å². The zero-order valence-electron chi connectivity index (χ0n) is 51.0. The lowest BCUT2D eigenvalue weighted by atomic mass is 9.99. The molecule has 0 saturated carbocycles. The first-order chi connectivity index (χ1) is 38.7. The Labute approximate surface area is 484 Å². The molecule has 460 valence electrons. The predicted octanol–water partition coefficient (Wildman–Crippen LogP) is 16.2. The van der Waals surface area contributed by atoms with E-state index < -0.39 is 67.4 Å². The van der Waals surface area contributed by atoms with Crippen LogP contribution in [0.25, 0.3) is 0 Å². The molecule has 0 aromatic heterocycles. The Morgan fingerprint density at radius 2 is 0.873 bits per heavy atom. The third-order valence-corrected chi connectivity index (χ3v) is 15.4. The van der Waals surface area contributed by atoms with Crippen LogP contribution in [0.15, 0.2) is 60.8 Å². The number of carbonyl (C=O) groups is 2. The summed E-state index contributed by atoms with van der Waals surface area (Å²) in [7, 11) is 0. The zero-order chi connectivity index (χ0) is 57.5. The lowest BCUT2D eigenvalue weighted by molar-refractivity contribution is -0.305. The van der Waals surface area contributed by atoms with Gasteiger partial charge in [0, 0.05) is 6.42 Å². The normalized spacial score (nSPS) is 19.2. The minimum atomic E-state index is -1.62. The van der Waals surface area contributed by atoms with Crippen molar-refractivity contribution in [1.29, 1.82) is 0 Å². The van der Waals surface area contributed by atoms with E-state index in [0.717, 1.165) is 96.3 Å². The Kier molecular flexibility index (Phi) is 52.6. The Hall–Kier alpha value is -2.64. The fourth-order valence-electron chi connectivity index (χ4n) is 10.1. The summed E-state index contributed by atoms with van der Waals surface area (Å²) >= 11 is 0. The first-order valence-electron chi connectivity index (χ1n) is 33.1. The Balaban J connectivity index is 2.67. The summed E-state index contributed by atoms with van der Waals surface area (Å²) in [5.41, 5.74) is 0. The zero-order valence-corrected chi connectivity index (χ0v) is 51.0. The van der Waals surface area contributed by atoms with Crippen LogP contribution in [0.2, 0.25) is 0 Å². The van der Waals surface area contributed by atoms with E-state index in [1.165, 1.54) is 154 Å². The molecule has 1 aliphatic heterocycles. The number of esters is 1. The van der Waals surface area contributed by atoms with Gasteiger partial charge in [-0.1, -0.05) is 261 Å². The number of hydrogen-bond donors (Lipinski definition) is 6. The van der Waals surface area contributed by atoms with Crippen molar-refractivity contribution < 1.29 is 49.3 Å². The van der Waals surface area contributed by atoms with Crippen LogP contribution in [0.3, 0.4) is 0 Å². The van der Waals surface area contributed by atoms with Crippen molar-refractivity contribution in [3.63, 3.8) is 0 Å². The first kappa shape index (κ1) is 74.4.